The SMILES string of the molecule is CCCn1c(O)c(N=O)c2c(C)cccc21. The predicted octanol–water partition coefficient (Wildman–Crippen LogP) is 3.46. The monoisotopic (exact) mass is 218 g/mol. The highest BCUT2D eigenvalue weighted by molar-refractivity contribution is 5.97. The molecule has 0 aliphatic rings. The van der Waals surface area contributed by atoms with E-state index in [1.165, 1.54) is 0 Å². The number of fused-ring (bicyclic) bond motifs is 1. The van der Waals surface area contributed by atoms with Crippen LogP contribution in [0.3, 0.4) is 0 Å². The largest absolute Gasteiger partial charge is 0.493 e. The van der Waals surface area contributed by atoms with E-state index in [0.717, 1.165) is 22.9 Å². The Morgan fingerprint density at radius 3 is 2.81 bits per heavy atom. The molecule has 1 aromatic heterocycles. The van der Waals surface area contributed by atoms with Crippen molar-refractivity contribution in [1.29, 1.82) is 0 Å². The third kappa shape index (κ3) is 1.38. The topological polar surface area (TPSA) is 54.6 Å². The van der Waals surface area contributed by atoms with E-state index < -0.39 is 0 Å². The smallest absolute Gasteiger partial charge is 0.222 e. The number of hydrogen-bond acceptors (Lipinski definition) is 3. The summed E-state index contributed by atoms with van der Waals surface area (Å²) < 4.78 is 1.74. The summed E-state index contributed by atoms with van der Waals surface area (Å²) in [5, 5.41) is 13.6. The number of aryl methyl sites for hydroxylation is 2. The van der Waals surface area contributed by atoms with E-state index in [9.17, 15) is 10.0 Å². The van der Waals surface area contributed by atoms with Crippen LogP contribution in [0.5, 0.6) is 5.88 Å². The molecular weight excluding hydrogens is 204 g/mol. The van der Waals surface area contributed by atoms with Crippen molar-refractivity contribution in [2.45, 2.75) is 26.8 Å². The summed E-state index contributed by atoms with van der Waals surface area (Å²) in [6.07, 6.45) is 0.892. The number of nitrogens with zero attached hydrogens (tertiary/aromatic N) is 2. The molecule has 0 aliphatic heterocycles. The number of hydrogen-bond donors (Lipinski definition) is 1. The maximum Gasteiger partial charge on any atom is 0.222 e. The van der Waals surface area contributed by atoms with Crippen molar-refractivity contribution in [3.63, 3.8) is 0 Å². The van der Waals surface area contributed by atoms with Gasteiger partial charge in [-0.15, -0.1) is 4.91 Å². The molecule has 0 aliphatic carbocycles. The Hall–Kier alpha value is -1.84. The summed E-state index contributed by atoms with van der Waals surface area (Å²) >= 11 is 0. The van der Waals surface area contributed by atoms with Gasteiger partial charge < -0.3 is 9.67 Å². The van der Waals surface area contributed by atoms with Crippen molar-refractivity contribution in [1.82, 2.24) is 4.57 Å². The highest BCUT2D eigenvalue weighted by Gasteiger charge is 2.17. The van der Waals surface area contributed by atoms with Gasteiger partial charge in [-0.2, -0.15) is 0 Å². The number of rotatable bonds is 3. The highest BCUT2D eigenvalue weighted by atomic mass is 16.3. The van der Waals surface area contributed by atoms with Gasteiger partial charge >= 0.3 is 0 Å². The zero-order valence-corrected chi connectivity index (χ0v) is 9.40. The molecule has 2 rings (SSSR count). The quantitative estimate of drug-likeness (QED) is 0.802. The van der Waals surface area contributed by atoms with E-state index in [1.54, 1.807) is 4.57 Å². The van der Waals surface area contributed by atoms with Gasteiger partial charge in [0.25, 0.3) is 0 Å². The average molecular weight is 218 g/mol. The molecule has 0 fully saturated rings. The molecule has 0 atom stereocenters. The second kappa shape index (κ2) is 3.96. The lowest BCUT2D eigenvalue weighted by Gasteiger charge is -2.04. The lowest BCUT2D eigenvalue weighted by atomic mass is 10.1. The average Bonchev–Trinajstić information content (AvgIpc) is 2.54. The molecule has 0 radical (unpaired) electrons. The number of aromatic hydroxyl groups is 1. The highest BCUT2D eigenvalue weighted by Crippen LogP contribution is 2.40. The van der Waals surface area contributed by atoms with Crippen molar-refractivity contribution >= 4 is 16.6 Å². The molecule has 2 aromatic rings. The minimum Gasteiger partial charge on any atom is -0.493 e. The Balaban J connectivity index is 2.86. The fraction of sp³-hybridized carbons (Fsp3) is 0.333. The molecule has 0 saturated carbocycles. The minimum absolute atomic E-state index is 0.0267. The lowest BCUT2D eigenvalue weighted by Crippen LogP contribution is -1.95. The van der Waals surface area contributed by atoms with Gasteiger partial charge in [0.05, 0.1) is 5.52 Å². The number of aromatic nitrogens is 1. The van der Waals surface area contributed by atoms with Gasteiger partial charge in [-0.3, -0.25) is 0 Å². The molecule has 0 amide bonds. The molecular formula is C12H14N2O2. The van der Waals surface area contributed by atoms with Crippen LogP contribution in [0.25, 0.3) is 10.9 Å². The molecule has 0 bridgehead atoms. The molecule has 0 saturated heterocycles. The van der Waals surface area contributed by atoms with E-state index in [0.29, 0.717) is 6.54 Å². The standard InChI is InChI=1S/C12H14N2O2/c1-3-7-14-9-6-4-5-8(2)10(9)11(13-16)12(14)15/h4-6,15H,3,7H2,1-2H3. The van der Waals surface area contributed by atoms with Crippen LogP contribution < -0.4 is 0 Å². The fourth-order valence-corrected chi connectivity index (χ4v) is 2.08. The fourth-order valence-electron chi connectivity index (χ4n) is 2.08. The second-order valence-corrected chi connectivity index (χ2v) is 3.88. The van der Waals surface area contributed by atoms with Crippen molar-refractivity contribution in [2.75, 3.05) is 0 Å². The number of benzene rings is 1. The van der Waals surface area contributed by atoms with Crippen LogP contribution in [0.2, 0.25) is 0 Å². The van der Waals surface area contributed by atoms with Crippen LogP contribution in [0.4, 0.5) is 5.69 Å². The van der Waals surface area contributed by atoms with Gasteiger partial charge in [0.1, 0.15) is 0 Å². The Labute approximate surface area is 93.5 Å². The molecule has 0 spiro atoms. The Kier molecular flexibility index (Phi) is 2.64. The molecule has 4 heteroatoms. The molecule has 1 N–H and O–H groups in total. The van der Waals surface area contributed by atoms with Crippen LogP contribution in [-0.4, -0.2) is 9.67 Å². The summed E-state index contributed by atoms with van der Waals surface area (Å²) in [5.74, 6) is -0.0267. The molecule has 0 unspecified atom stereocenters. The normalized spacial score (nSPS) is 10.9. The summed E-state index contributed by atoms with van der Waals surface area (Å²) in [7, 11) is 0. The second-order valence-electron chi connectivity index (χ2n) is 3.88. The summed E-state index contributed by atoms with van der Waals surface area (Å²) in [6, 6.07) is 5.72. The first kappa shape index (κ1) is 10.7. The van der Waals surface area contributed by atoms with Crippen molar-refractivity contribution < 1.29 is 5.11 Å². The van der Waals surface area contributed by atoms with Gasteiger partial charge in [-0.25, -0.2) is 0 Å². The Morgan fingerprint density at radius 1 is 1.44 bits per heavy atom. The van der Waals surface area contributed by atoms with E-state index >= 15 is 0 Å². The van der Waals surface area contributed by atoms with Crippen molar-refractivity contribution in [3.05, 3.63) is 28.7 Å². The molecule has 84 valence electrons. The Bertz CT molecular complexity index is 543. The van der Waals surface area contributed by atoms with E-state index in [4.69, 9.17) is 0 Å². The van der Waals surface area contributed by atoms with E-state index in [1.807, 2.05) is 32.0 Å². The van der Waals surface area contributed by atoms with Gasteiger partial charge in [-0.05, 0) is 30.2 Å². The van der Waals surface area contributed by atoms with Gasteiger partial charge in [0.2, 0.25) is 5.88 Å². The maximum absolute atomic E-state index is 10.8. The molecule has 4 nitrogen and oxygen atoms in total. The lowest BCUT2D eigenvalue weighted by molar-refractivity contribution is 0.421. The summed E-state index contributed by atoms with van der Waals surface area (Å²) in [5.41, 5.74) is 1.98. The maximum atomic E-state index is 10.8. The first-order valence-electron chi connectivity index (χ1n) is 5.34. The van der Waals surface area contributed by atoms with Gasteiger partial charge in [0.15, 0.2) is 5.69 Å². The van der Waals surface area contributed by atoms with Crippen LogP contribution in [0.15, 0.2) is 23.4 Å². The zero-order chi connectivity index (χ0) is 11.7. The van der Waals surface area contributed by atoms with Gasteiger partial charge in [0, 0.05) is 11.9 Å². The van der Waals surface area contributed by atoms with Gasteiger partial charge in [-0.1, -0.05) is 19.1 Å². The Morgan fingerprint density at radius 2 is 2.19 bits per heavy atom. The van der Waals surface area contributed by atoms with Crippen LogP contribution in [-0.2, 0) is 6.54 Å². The minimum atomic E-state index is -0.0267. The van der Waals surface area contributed by atoms with E-state index in [-0.39, 0.29) is 11.6 Å². The summed E-state index contributed by atoms with van der Waals surface area (Å²) in [6.45, 7) is 4.61. The first-order chi connectivity index (χ1) is 7.70. The van der Waals surface area contributed by atoms with Crippen molar-refractivity contribution in [2.24, 2.45) is 5.18 Å². The molecule has 1 heterocycles. The molecule has 1 aromatic carbocycles. The summed E-state index contributed by atoms with van der Waals surface area (Å²) in [4.78, 5) is 10.8. The third-order valence-corrected chi connectivity index (χ3v) is 2.78. The molecule has 16 heavy (non-hydrogen) atoms. The van der Waals surface area contributed by atoms with Crippen LogP contribution in [0.1, 0.15) is 18.9 Å². The predicted molar refractivity (Wildman–Crippen MR) is 64.1 cm³/mol. The zero-order valence-electron chi connectivity index (χ0n) is 9.40. The van der Waals surface area contributed by atoms with Crippen molar-refractivity contribution in [3.8, 4) is 5.88 Å². The van der Waals surface area contributed by atoms with Crippen LogP contribution >= 0.6 is 0 Å². The van der Waals surface area contributed by atoms with E-state index in [2.05, 4.69) is 5.18 Å². The first-order valence-corrected chi connectivity index (χ1v) is 5.34. The number of nitroso groups, excluding NO2 is 1. The third-order valence-electron chi connectivity index (χ3n) is 2.78. The van der Waals surface area contributed by atoms with Crippen LogP contribution in [0, 0.1) is 11.8 Å².